The minimum atomic E-state index is 1.13. The molecule has 0 radical (unpaired) electrons. The van der Waals surface area contributed by atoms with Crippen molar-refractivity contribution in [1.29, 1.82) is 0 Å². The molecule has 10 aromatic carbocycles. The summed E-state index contributed by atoms with van der Waals surface area (Å²) < 4.78 is 0. The number of benzene rings is 10. The van der Waals surface area contributed by atoms with Gasteiger partial charge in [0.15, 0.2) is 0 Å². The van der Waals surface area contributed by atoms with Gasteiger partial charge in [-0.05, 0) is 166 Å². The van der Waals surface area contributed by atoms with Gasteiger partial charge < -0.3 is 0 Å². The zero-order valence-electron chi connectivity index (χ0n) is 33.4. The molecule has 0 aliphatic heterocycles. The molecule has 0 bridgehead atoms. The van der Waals surface area contributed by atoms with Gasteiger partial charge in [0.1, 0.15) is 0 Å². The molecule has 10 aromatic rings. The Kier molecular flexibility index (Phi) is 9.81. The Morgan fingerprint density at radius 1 is 0.263 bits per heavy atom. The van der Waals surface area contributed by atoms with Crippen LogP contribution in [0.5, 0.6) is 0 Å². The van der Waals surface area contributed by atoms with Crippen LogP contribution < -0.4 is 0 Å². The average Bonchev–Trinajstić information content (AvgIpc) is 3.25. The van der Waals surface area contributed by atoms with Gasteiger partial charge in [-0.15, -0.1) is 0 Å². The van der Waals surface area contributed by atoms with Gasteiger partial charge in [0.25, 0.3) is 0 Å². The predicted octanol–water partition coefficient (Wildman–Crippen LogP) is 16.8. The van der Waals surface area contributed by atoms with E-state index in [1.807, 2.05) is 0 Å². The minimum absolute atomic E-state index is 1.13. The molecule has 0 heterocycles. The molecule has 0 aliphatic carbocycles. The zero-order chi connectivity index (χ0) is 38.1. The minimum Gasteiger partial charge on any atom is -0.0654 e. The summed E-state index contributed by atoms with van der Waals surface area (Å²) >= 11 is 0. The molecule has 280 valence electrons. The lowest BCUT2D eigenvalue weighted by Gasteiger charge is -2.12. The largest absolute Gasteiger partial charge is 0.0654 e. The lowest BCUT2D eigenvalue weighted by Crippen LogP contribution is -1.91. The fourth-order valence-corrected chi connectivity index (χ4v) is 9.85. The Hall–Kier alpha value is -5.72. The summed E-state index contributed by atoms with van der Waals surface area (Å²) in [6.07, 6.45) is 15.1. The van der Waals surface area contributed by atoms with Crippen molar-refractivity contribution in [2.75, 3.05) is 0 Å². The monoisotopic (exact) mass is 736 g/mol. The lowest BCUT2D eigenvalue weighted by atomic mass is 9.92. The molecule has 0 atom stereocenters. The maximum Gasteiger partial charge on any atom is -0.00987 e. The van der Waals surface area contributed by atoms with E-state index in [9.17, 15) is 0 Å². The molecular formula is C57H52. The maximum absolute atomic E-state index is 2.49. The van der Waals surface area contributed by atoms with Gasteiger partial charge in [-0.1, -0.05) is 173 Å². The van der Waals surface area contributed by atoms with Crippen molar-refractivity contribution in [2.24, 2.45) is 0 Å². The van der Waals surface area contributed by atoms with Crippen molar-refractivity contribution < 1.29 is 0 Å². The van der Waals surface area contributed by atoms with Gasteiger partial charge in [0.05, 0.1) is 0 Å². The van der Waals surface area contributed by atoms with E-state index in [-0.39, 0.29) is 0 Å². The smallest absolute Gasteiger partial charge is 0.00987 e. The summed E-state index contributed by atoms with van der Waals surface area (Å²) in [6, 6.07) is 58.3. The van der Waals surface area contributed by atoms with E-state index in [1.165, 1.54) is 167 Å². The van der Waals surface area contributed by atoms with Crippen LogP contribution in [0.1, 0.15) is 81.4 Å². The van der Waals surface area contributed by atoms with E-state index in [0.29, 0.717) is 0 Å². The molecule has 57 heavy (non-hydrogen) atoms. The van der Waals surface area contributed by atoms with E-state index in [1.54, 1.807) is 0 Å². The van der Waals surface area contributed by atoms with Gasteiger partial charge in [-0.25, -0.2) is 0 Å². The fraction of sp³-hybridized carbons (Fsp3) is 0.228. The molecule has 0 heteroatoms. The standard InChI is InChI=1S/C57H52/c1-2-3-4-5-8-14-39-22-28-50-46(33-39)24-32-54-52(50)30-26-48-36-44-20-13-19-41(55(44)38-57(48)54)16-10-7-6-9-15-40-21-27-49-45(34-40)23-31-53-51(49)29-25-47-35-42-17-11-12-18-43(42)37-56(47)53/h11-13,17-38H,2-10,14-16H2,1H3. The first-order chi connectivity index (χ1) is 28.2. The average molecular weight is 737 g/mol. The normalized spacial score (nSPS) is 12.1. The molecule has 0 spiro atoms. The maximum atomic E-state index is 2.49. The summed E-state index contributed by atoms with van der Waals surface area (Å²) in [5.74, 6) is 0. The molecule has 0 aliphatic rings. The Morgan fingerprint density at radius 3 is 1.30 bits per heavy atom. The predicted molar refractivity (Wildman–Crippen MR) is 251 cm³/mol. The molecule has 0 fully saturated rings. The summed E-state index contributed by atoms with van der Waals surface area (Å²) in [4.78, 5) is 0. The molecule has 0 saturated carbocycles. The Bertz CT molecular complexity index is 3090. The van der Waals surface area contributed by atoms with Gasteiger partial charge >= 0.3 is 0 Å². The highest BCUT2D eigenvalue weighted by molar-refractivity contribution is 6.20. The van der Waals surface area contributed by atoms with E-state index < -0.39 is 0 Å². The van der Waals surface area contributed by atoms with Crippen molar-refractivity contribution in [3.63, 3.8) is 0 Å². The summed E-state index contributed by atoms with van der Waals surface area (Å²) in [5.41, 5.74) is 4.41. The van der Waals surface area contributed by atoms with Gasteiger partial charge in [-0.2, -0.15) is 0 Å². The van der Waals surface area contributed by atoms with Crippen LogP contribution in [-0.2, 0) is 19.3 Å². The molecule has 0 amide bonds. The number of hydrogen-bond acceptors (Lipinski definition) is 0. The number of hydrogen-bond donors (Lipinski definition) is 0. The third kappa shape index (κ3) is 7.01. The summed E-state index contributed by atoms with van der Waals surface area (Å²) in [5, 5.41) is 21.6. The Morgan fingerprint density at radius 2 is 0.702 bits per heavy atom. The zero-order valence-corrected chi connectivity index (χ0v) is 33.4. The number of aryl methyl sites for hydroxylation is 3. The van der Waals surface area contributed by atoms with Crippen molar-refractivity contribution in [3.05, 3.63) is 168 Å². The van der Waals surface area contributed by atoms with Gasteiger partial charge in [0.2, 0.25) is 0 Å². The van der Waals surface area contributed by atoms with Crippen LogP contribution in [-0.4, -0.2) is 0 Å². The molecule has 0 unspecified atom stereocenters. The molecule has 0 N–H and O–H groups in total. The number of rotatable bonds is 13. The number of fused-ring (bicyclic) bond motifs is 12. The molecule has 0 nitrogen and oxygen atoms in total. The summed E-state index contributed by atoms with van der Waals surface area (Å²) in [7, 11) is 0. The van der Waals surface area contributed by atoms with Crippen LogP contribution in [0, 0.1) is 0 Å². The highest BCUT2D eigenvalue weighted by atomic mass is 14.1. The first-order valence-electron chi connectivity index (χ1n) is 21.8. The van der Waals surface area contributed by atoms with Gasteiger partial charge in [-0.3, -0.25) is 0 Å². The third-order valence-electron chi connectivity index (χ3n) is 13.0. The van der Waals surface area contributed by atoms with Gasteiger partial charge in [0, 0.05) is 0 Å². The first-order valence-corrected chi connectivity index (χ1v) is 21.8. The molecule has 0 saturated heterocycles. The highest BCUT2D eigenvalue weighted by Crippen LogP contribution is 2.36. The van der Waals surface area contributed by atoms with Crippen LogP contribution in [0.15, 0.2) is 152 Å². The second-order valence-electron chi connectivity index (χ2n) is 16.8. The highest BCUT2D eigenvalue weighted by Gasteiger charge is 2.11. The van der Waals surface area contributed by atoms with E-state index in [2.05, 4.69) is 159 Å². The van der Waals surface area contributed by atoms with Crippen LogP contribution in [0.25, 0.3) is 86.2 Å². The Balaban J connectivity index is 0.807. The van der Waals surface area contributed by atoms with Crippen LogP contribution in [0.4, 0.5) is 0 Å². The van der Waals surface area contributed by atoms with Crippen LogP contribution in [0.2, 0.25) is 0 Å². The van der Waals surface area contributed by atoms with Crippen molar-refractivity contribution >= 4 is 86.2 Å². The fourth-order valence-electron chi connectivity index (χ4n) is 9.85. The number of unbranched alkanes of at least 4 members (excludes halogenated alkanes) is 7. The van der Waals surface area contributed by atoms with Crippen molar-refractivity contribution in [1.82, 2.24) is 0 Å². The lowest BCUT2D eigenvalue weighted by molar-refractivity contribution is 0.632. The first kappa shape index (κ1) is 35.7. The quantitative estimate of drug-likeness (QED) is 0.0628. The van der Waals surface area contributed by atoms with Crippen LogP contribution in [0.3, 0.4) is 0 Å². The van der Waals surface area contributed by atoms with E-state index in [4.69, 9.17) is 0 Å². The summed E-state index contributed by atoms with van der Waals surface area (Å²) in [6.45, 7) is 2.29. The second-order valence-corrected chi connectivity index (χ2v) is 16.8. The second kappa shape index (κ2) is 15.7. The SMILES string of the molecule is CCCCCCCc1ccc2c(ccc3c4cc5c(CCCCCCc6ccc7c(ccc8c9cc%10ccccc%10cc9ccc78)c6)cccc5cc4ccc23)c1. The van der Waals surface area contributed by atoms with E-state index in [0.717, 1.165) is 12.8 Å². The molecule has 0 aromatic heterocycles. The van der Waals surface area contributed by atoms with Crippen molar-refractivity contribution in [3.8, 4) is 0 Å². The topological polar surface area (TPSA) is 0 Å². The Labute approximate surface area is 337 Å². The van der Waals surface area contributed by atoms with Crippen molar-refractivity contribution in [2.45, 2.75) is 84.0 Å². The van der Waals surface area contributed by atoms with Crippen LogP contribution >= 0.6 is 0 Å². The third-order valence-corrected chi connectivity index (χ3v) is 13.0. The molecule has 10 rings (SSSR count). The van der Waals surface area contributed by atoms with E-state index >= 15 is 0 Å². The molecular weight excluding hydrogens is 685 g/mol.